The lowest BCUT2D eigenvalue weighted by Gasteiger charge is -2.24. The largest absolute Gasteiger partial charge is 0.355 e. The van der Waals surface area contributed by atoms with Gasteiger partial charge in [-0.1, -0.05) is 13.8 Å². The molecule has 1 N–H and O–H groups in total. The Bertz CT molecular complexity index is 397. The molecule has 0 aliphatic carbocycles. The van der Waals surface area contributed by atoms with Crippen molar-refractivity contribution in [2.24, 2.45) is 5.92 Å². The predicted molar refractivity (Wildman–Crippen MR) is 73.5 cm³/mol. The molecule has 0 radical (unpaired) electrons. The van der Waals surface area contributed by atoms with Crippen molar-refractivity contribution in [1.82, 2.24) is 9.97 Å². The molecule has 0 aromatic carbocycles. The Kier molecular flexibility index (Phi) is 5.92. The van der Waals surface area contributed by atoms with E-state index in [-0.39, 0.29) is 0 Å². The van der Waals surface area contributed by atoms with E-state index in [2.05, 4.69) is 40.1 Å². The third-order valence-electron chi connectivity index (χ3n) is 2.38. The predicted octanol–water partition coefficient (Wildman–Crippen LogP) is 2.28. The van der Waals surface area contributed by atoms with Crippen LogP contribution in [0.5, 0.6) is 0 Å². The fourth-order valence-corrected chi connectivity index (χ4v) is 1.69. The second-order valence-electron chi connectivity index (χ2n) is 4.52. The van der Waals surface area contributed by atoms with Crippen molar-refractivity contribution >= 4 is 11.8 Å². The smallest absolute Gasteiger partial charge is 0.224 e. The summed E-state index contributed by atoms with van der Waals surface area (Å²) in [7, 11) is 0. The normalized spacial score (nSPS) is 10.2. The van der Waals surface area contributed by atoms with E-state index in [0.29, 0.717) is 24.8 Å². The van der Waals surface area contributed by atoms with Crippen LogP contribution in [0, 0.1) is 17.2 Å². The number of rotatable bonds is 7. The Morgan fingerprint density at radius 2 is 2.28 bits per heavy atom. The molecule has 1 aromatic rings. The van der Waals surface area contributed by atoms with Gasteiger partial charge in [0.2, 0.25) is 5.95 Å². The van der Waals surface area contributed by atoms with E-state index in [4.69, 9.17) is 5.26 Å². The van der Waals surface area contributed by atoms with E-state index in [0.717, 1.165) is 18.9 Å². The number of nitriles is 1. The van der Waals surface area contributed by atoms with Gasteiger partial charge in [-0.2, -0.15) is 10.2 Å². The molecule has 0 saturated heterocycles. The zero-order valence-electron chi connectivity index (χ0n) is 11.3. The zero-order valence-corrected chi connectivity index (χ0v) is 11.3. The maximum atomic E-state index is 8.71. The zero-order chi connectivity index (χ0) is 13.4. The molecule has 5 heteroatoms. The van der Waals surface area contributed by atoms with Gasteiger partial charge in [0.15, 0.2) is 0 Å². The molecule has 1 heterocycles. The molecule has 0 aliphatic rings. The number of hydrogen-bond donors (Lipinski definition) is 1. The van der Waals surface area contributed by atoms with Crippen molar-refractivity contribution in [3.63, 3.8) is 0 Å². The maximum absolute atomic E-state index is 8.71. The first-order chi connectivity index (χ1) is 8.67. The highest BCUT2D eigenvalue weighted by atomic mass is 15.2. The summed E-state index contributed by atoms with van der Waals surface area (Å²) in [4.78, 5) is 10.8. The van der Waals surface area contributed by atoms with E-state index < -0.39 is 0 Å². The van der Waals surface area contributed by atoms with Crippen LogP contribution in [-0.4, -0.2) is 29.6 Å². The first-order valence-electron chi connectivity index (χ1n) is 6.36. The van der Waals surface area contributed by atoms with Crippen LogP contribution in [0.25, 0.3) is 0 Å². The second-order valence-corrected chi connectivity index (χ2v) is 4.52. The highest BCUT2D eigenvalue weighted by Crippen LogP contribution is 2.14. The Balaban J connectivity index is 2.82. The molecule has 0 atom stereocenters. The number of aromatic nitrogens is 2. The Morgan fingerprint density at radius 1 is 1.50 bits per heavy atom. The van der Waals surface area contributed by atoms with Crippen molar-refractivity contribution in [1.29, 1.82) is 5.26 Å². The van der Waals surface area contributed by atoms with Gasteiger partial charge in [-0.3, -0.25) is 0 Å². The highest BCUT2D eigenvalue weighted by Gasteiger charge is 2.10. The summed E-state index contributed by atoms with van der Waals surface area (Å²) in [6.45, 7) is 8.72. The van der Waals surface area contributed by atoms with E-state index in [1.807, 2.05) is 13.0 Å². The van der Waals surface area contributed by atoms with Gasteiger partial charge in [-0.25, -0.2) is 4.98 Å². The first-order valence-corrected chi connectivity index (χ1v) is 6.36. The topological polar surface area (TPSA) is 64.8 Å². The van der Waals surface area contributed by atoms with Gasteiger partial charge >= 0.3 is 0 Å². The second kappa shape index (κ2) is 7.49. The van der Waals surface area contributed by atoms with Gasteiger partial charge in [0.25, 0.3) is 0 Å². The average molecular weight is 247 g/mol. The van der Waals surface area contributed by atoms with Gasteiger partial charge in [-0.05, 0) is 18.9 Å². The summed E-state index contributed by atoms with van der Waals surface area (Å²) in [5.41, 5.74) is 0. The summed E-state index contributed by atoms with van der Waals surface area (Å²) in [6, 6.07) is 4.07. The van der Waals surface area contributed by atoms with Gasteiger partial charge in [0.05, 0.1) is 12.5 Å². The Morgan fingerprint density at radius 3 is 2.89 bits per heavy atom. The van der Waals surface area contributed by atoms with Gasteiger partial charge in [0.1, 0.15) is 5.82 Å². The molecule has 5 nitrogen and oxygen atoms in total. The van der Waals surface area contributed by atoms with Crippen LogP contribution in [0.4, 0.5) is 11.8 Å². The molecule has 0 aliphatic heterocycles. The van der Waals surface area contributed by atoms with Crippen molar-refractivity contribution in [2.45, 2.75) is 27.2 Å². The van der Waals surface area contributed by atoms with Gasteiger partial charge in [-0.15, -0.1) is 0 Å². The fraction of sp³-hybridized carbons (Fsp3) is 0.615. The maximum Gasteiger partial charge on any atom is 0.224 e. The number of anilines is 2. The quantitative estimate of drug-likeness (QED) is 0.800. The molecule has 0 fully saturated rings. The molecule has 0 saturated carbocycles. The third kappa shape index (κ3) is 4.58. The number of nitrogens with one attached hydrogen (secondary N) is 1. The summed E-state index contributed by atoms with van der Waals surface area (Å²) in [5, 5.41) is 11.8. The minimum atomic E-state index is 0.507. The monoisotopic (exact) mass is 247 g/mol. The Labute approximate surface area is 109 Å². The molecule has 1 aromatic heterocycles. The standard InChI is InChI=1S/C13H21N5/c1-4-15-13-16-8-6-12(17-13)18(9-5-7-14)10-11(2)3/h6,8,11H,4-5,9-10H2,1-3H3,(H,15,16,17). The lowest BCUT2D eigenvalue weighted by molar-refractivity contribution is 0.607. The molecular formula is C13H21N5. The van der Waals surface area contributed by atoms with Crippen molar-refractivity contribution in [2.75, 3.05) is 29.9 Å². The summed E-state index contributed by atoms with van der Waals surface area (Å²) in [5.74, 6) is 2.05. The lowest BCUT2D eigenvalue weighted by Crippen LogP contribution is -2.29. The van der Waals surface area contributed by atoms with Crippen molar-refractivity contribution < 1.29 is 0 Å². The minimum absolute atomic E-state index is 0.507. The molecule has 0 spiro atoms. The van der Waals surface area contributed by atoms with Gasteiger partial charge < -0.3 is 10.2 Å². The van der Waals surface area contributed by atoms with Crippen LogP contribution in [-0.2, 0) is 0 Å². The molecule has 0 unspecified atom stereocenters. The molecular weight excluding hydrogens is 226 g/mol. The van der Waals surface area contributed by atoms with E-state index in [1.54, 1.807) is 6.20 Å². The fourth-order valence-electron chi connectivity index (χ4n) is 1.69. The average Bonchev–Trinajstić information content (AvgIpc) is 2.35. The SMILES string of the molecule is CCNc1nccc(N(CCC#N)CC(C)C)n1. The van der Waals surface area contributed by atoms with Crippen LogP contribution < -0.4 is 10.2 Å². The van der Waals surface area contributed by atoms with Crippen LogP contribution >= 0.6 is 0 Å². The molecule has 1 rings (SSSR count). The minimum Gasteiger partial charge on any atom is -0.355 e. The van der Waals surface area contributed by atoms with E-state index >= 15 is 0 Å². The lowest BCUT2D eigenvalue weighted by atomic mass is 10.2. The summed E-state index contributed by atoms with van der Waals surface area (Å²) >= 11 is 0. The van der Waals surface area contributed by atoms with E-state index in [9.17, 15) is 0 Å². The molecule has 0 amide bonds. The van der Waals surface area contributed by atoms with E-state index in [1.165, 1.54) is 0 Å². The molecule has 0 bridgehead atoms. The van der Waals surface area contributed by atoms with Crippen LogP contribution in [0.15, 0.2) is 12.3 Å². The number of hydrogen-bond acceptors (Lipinski definition) is 5. The molecule has 18 heavy (non-hydrogen) atoms. The summed E-state index contributed by atoms with van der Waals surface area (Å²) in [6.07, 6.45) is 2.26. The van der Waals surface area contributed by atoms with Crippen molar-refractivity contribution in [3.8, 4) is 6.07 Å². The van der Waals surface area contributed by atoms with Crippen LogP contribution in [0.2, 0.25) is 0 Å². The van der Waals surface area contributed by atoms with Gasteiger partial charge in [0, 0.05) is 25.8 Å². The molecule has 98 valence electrons. The van der Waals surface area contributed by atoms with Crippen molar-refractivity contribution in [3.05, 3.63) is 12.3 Å². The first kappa shape index (κ1) is 14.2. The van der Waals surface area contributed by atoms with Crippen LogP contribution in [0.3, 0.4) is 0 Å². The number of nitrogens with zero attached hydrogens (tertiary/aromatic N) is 4. The van der Waals surface area contributed by atoms with Crippen LogP contribution in [0.1, 0.15) is 27.2 Å². The summed E-state index contributed by atoms with van der Waals surface area (Å²) < 4.78 is 0. The Hall–Kier alpha value is -1.83. The third-order valence-corrected chi connectivity index (χ3v) is 2.38. The highest BCUT2D eigenvalue weighted by molar-refractivity contribution is 5.42.